The molecule has 15 aromatic rings. The molecule has 404 valence electrons. The number of para-hydroxylation sites is 4. The third kappa shape index (κ3) is 6.57. The molecule has 85 heavy (non-hydrogen) atoms. The van der Waals surface area contributed by atoms with E-state index in [1.54, 1.807) is 0 Å². The van der Waals surface area contributed by atoms with Crippen LogP contribution < -0.4 is 4.90 Å². The molecule has 0 N–H and O–H groups in total. The maximum Gasteiger partial charge on any atom is 0.143 e. The van der Waals surface area contributed by atoms with Crippen LogP contribution in [0.4, 0.5) is 17.1 Å². The summed E-state index contributed by atoms with van der Waals surface area (Å²) in [6.07, 6.45) is 0. The van der Waals surface area contributed by atoms with Crippen LogP contribution in [0.1, 0.15) is 74.9 Å². The van der Waals surface area contributed by atoms with Crippen molar-refractivity contribution in [2.75, 3.05) is 4.90 Å². The van der Waals surface area contributed by atoms with E-state index in [0.29, 0.717) is 0 Å². The Bertz CT molecular complexity index is 5340. The van der Waals surface area contributed by atoms with Crippen LogP contribution in [0.2, 0.25) is 0 Å². The van der Waals surface area contributed by atoms with Gasteiger partial charge in [-0.1, -0.05) is 199 Å². The van der Waals surface area contributed by atoms with E-state index in [1.807, 2.05) is 12.1 Å². The van der Waals surface area contributed by atoms with Gasteiger partial charge in [-0.3, -0.25) is 0 Å². The summed E-state index contributed by atoms with van der Waals surface area (Å²) in [7, 11) is 0. The minimum Gasteiger partial charge on any atom is -0.456 e. The predicted octanol–water partition coefficient (Wildman–Crippen LogP) is 22.8. The number of hydrogen-bond donors (Lipinski definition) is 0. The fourth-order valence-electron chi connectivity index (χ4n) is 15.6. The molecule has 3 aliphatic rings. The van der Waals surface area contributed by atoms with Gasteiger partial charge in [-0.2, -0.15) is 0 Å². The van der Waals surface area contributed by atoms with Gasteiger partial charge in [-0.25, -0.2) is 0 Å². The van der Waals surface area contributed by atoms with Gasteiger partial charge in [-0.15, -0.1) is 0 Å². The standard InChI is InChI=1S/C81H57NO3/c1-79(2)62-38-39-71-75(57-25-14-17-30-69(57)83-71)74(62)61-45-65-60(44-66(61)79)53-36-33-49(41-63(53)80(65,3)4)82(77-51(46-20-9-7-10-21-46)27-19-28-52(77)47-22-11-8-12-23-47)50-34-37-56-64(42-50)81(5,6)67-43-59(78-76(73(56)67)58-26-15-18-31-70(58)85-78)48-32-35-55-54-24-13-16-29-68(54)84-72(55)40-48/h7-45H,1-6H3. The van der Waals surface area contributed by atoms with Gasteiger partial charge < -0.3 is 18.2 Å². The lowest BCUT2D eigenvalue weighted by Gasteiger charge is -2.33. The number of anilines is 3. The minimum atomic E-state index is -0.416. The summed E-state index contributed by atoms with van der Waals surface area (Å²) in [6, 6.07) is 87.2. The molecule has 4 nitrogen and oxygen atoms in total. The Morgan fingerprint density at radius 3 is 1.46 bits per heavy atom. The minimum absolute atomic E-state index is 0.215. The first-order valence-electron chi connectivity index (χ1n) is 29.8. The molecule has 0 saturated heterocycles. The lowest BCUT2D eigenvalue weighted by Crippen LogP contribution is -2.19. The first-order chi connectivity index (χ1) is 41.4. The van der Waals surface area contributed by atoms with Crippen molar-refractivity contribution >= 4 is 82.9 Å². The zero-order valence-electron chi connectivity index (χ0n) is 48.2. The van der Waals surface area contributed by atoms with Gasteiger partial charge >= 0.3 is 0 Å². The van der Waals surface area contributed by atoms with Crippen LogP contribution in [0.25, 0.3) is 133 Å². The smallest absolute Gasteiger partial charge is 0.143 e. The number of benzene rings is 12. The van der Waals surface area contributed by atoms with Crippen molar-refractivity contribution in [3.8, 4) is 66.8 Å². The second-order valence-corrected chi connectivity index (χ2v) is 25.5. The number of nitrogens with zero attached hydrogens (tertiary/aromatic N) is 1. The molecule has 0 bridgehead atoms. The van der Waals surface area contributed by atoms with E-state index >= 15 is 0 Å². The van der Waals surface area contributed by atoms with Crippen molar-refractivity contribution in [1.82, 2.24) is 0 Å². The highest BCUT2D eigenvalue weighted by Gasteiger charge is 2.44. The summed E-state index contributed by atoms with van der Waals surface area (Å²) in [5, 5.41) is 6.86. The van der Waals surface area contributed by atoms with Crippen molar-refractivity contribution in [3.63, 3.8) is 0 Å². The Kier molecular flexibility index (Phi) is 9.67. The molecule has 3 aliphatic carbocycles. The molecule has 0 unspecified atom stereocenters. The number of furan rings is 3. The second-order valence-electron chi connectivity index (χ2n) is 25.5. The molecule has 0 spiro atoms. The summed E-state index contributed by atoms with van der Waals surface area (Å²) in [4.78, 5) is 2.57. The molecular formula is C81H57NO3. The Morgan fingerprint density at radius 1 is 0.271 bits per heavy atom. The quantitative estimate of drug-likeness (QED) is 0.166. The molecule has 18 rings (SSSR count). The number of hydrogen-bond acceptors (Lipinski definition) is 4. The lowest BCUT2D eigenvalue weighted by molar-refractivity contribution is 0.651. The van der Waals surface area contributed by atoms with Crippen LogP contribution in [-0.2, 0) is 16.2 Å². The predicted molar refractivity (Wildman–Crippen MR) is 352 cm³/mol. The van der Waals surface area contributed by atoms with Crippen LogP contribution in [0.15, 0.2) is 250 Å². The van der Waals surface area contributed by atoms with E-state index in [1.165, 1.54) is 77.5 Å². The topological polar surface area (TPSA) is 42.7 Å². The molecular weight excluding hydrogens is 1030 g/mol. The average Bonchev–Trinajstić information content (AvgIpc) is 1.75. The van der Waals surface area contributed by atoms with Gasteiger partial charge in [-0.05, 0) is 162 Å². The average molecular weight is 1090 g/mol. The number of fused-ring (bicyclic) bond motifs is 20. The van der Waals surface area contributed by atoms with Gasteiger partial charge in [0.25, 0.3) is 0 Å². The molecule has 12 aromatic carbocycles. The fraction of sp³-hybridized carbons (Fsp3) is 0.111. The third-order valence-electron chi connectivity index (χ3n) is 19.9. The first-order valence-corrected chi connectivity index (χ1v) is 29.8. The zero-order valence-corrected chi connectivity index (χ0v) is 48.2. The first kappa shape index (κ1) is 48.4. The molecule has 0 saturated carbocycles. The highest BCUT2D eigenvalue weighted by molar-refractivity contribution is 6.20. The van der Waals surface area contributed by atoms with Crippen molar-refractivity contribution in [3.05, 3.63) is 270 Å². The summed E-state index contributed by atoms with van der Waals surface area (Å²) in [6.45, 7) is 14.5. The van der Waals surface area contributed by atoms with E-state index in [-0.39, 0.29) is 10.8 Å². The monoisotopic (exact) mass is 1090 g/mol. The third-order valence-corrected chi connectivity index (χ3v) is 19.9. The molecule has 0 fully saturated rings. The van der Waals surface area contributed by atoms with Crippen LogP contribution in [0, 0.1) is 0 Å². The maximum atomic E-state index is 7.02. The molecule has 3 heterocycles. The SMILES string of the molecule is CC1(C)c2cc(N(c3ccc4c(c3)C(C)(C)c3cc(-c5ccc6c(c5)oc5ccccc56)c5oc6ccccc6c5c3-4)c3c(-c4ccccc4)cccc3-c3ccccc3)ccc2-c2cc3c(cc21)-c1c(ccc2oc4ccccc4c12)C3(C)C. The number of rotatable bonds is 6. The van der Waals surface area contributed by atoms with Gasteiger partial charge in [0.15, 0.2) is 0 Å². The summed E-state index contributed by atoms with van der Waals surface area (Å²) < 4.78 is 20.1. The van der Waals surface area contributed by atoms with E-state index in [0.717, 1.165) is 105 Å². The van der Waals surface area contributed by atoms with Crippen LogP contribution >= 0.6 is 0 Å². The van der Waals surface area contributed by atoms with Crippen molar-refractivity contribution in [1.29, 1.82) is 0 Å². The molecule has 0 aliphatic heterocycles. The van der Waals surface area contributed by atoms with Gasteiger partial charge in [0.1, 0.15) is 33.5 Å². The Labute approximate surface area is 492 Å². The Balaban J connectivity index is 0.851. The van der Waals surface area contributed by atoms with E-state index in [2.05, 4.69) is 271 Å². The van der Waals surface area contributed by atoms with E-state index in [9.17, 15) is 0 Å². The summed E-state index contributed by atoms with van der Waals surface area (Å²) in [5.41, 5.74) is 30.1. The molecule has 0 radical (unpaired) electrons. The van der Waals surface area contributed by atoms with E-state index in [4.69, 9.17) is 13.3 Å². The lowest BCUT2D eigenvalue weighted by atomic mass is 9.79. The highest BCUT2D eigenvalue weighted by atomic mass is 16.3. The summed E-state index contributed by atoms with van der Waals surface area (Å²) in [5.74, 6) is 0. The van der Waals surface area contributed by atoms with Crippen LogP contribution in [0.5, 0.6) is 0 Å². The van der Waals surface area contributed by atoms with Crippen molar-refractivity contribution in [2.24, 2.45) is 0 Å². The van der Waals surface area contributed by atoms with Gasteiger partial charge in [0, 0.05) is 76.6 Å². The van der Waals surface area contributed by atoms with Crippen molar-refractivity contribution < 1.29 is 13.3 Å². The Hall–Kier alpha value is -10.2. The van der Waals surface area contributed by atoms with E-state index < -0.39 is 5.41 Å². The molecule has 0 atom stereocenters. The second kappa shape index (κ2) is 17.0. The molecule has 4 heteroatoms. The molecule has 3 aromatic heterocycles. The van der Waals surface area contributed by atoms with Gasteiger partial charge in [0.2, 0.25) is 0 Å². The van der Waals surface area contributed by atoms with Crippen LogP contribution in [-0.4, -0.2) is 0 Å². The van der Waals surface area contributed by atoms with Crippen LogP contribution in [0.3, 0.4) is 0 Å². The normalized spacial score (nSPS) is 14.8. The highest BCUT2D eigenvalue weighted by Crippen LogP contribution is 2.61. The zero-order chi connectivity index (χ0) is 56.8. The Morgan fingerprint density at radius 2 is 0.765 bits per heavy atom. The molecule has 0 amide bonds. The largest absolute Gasteiger partial charge is 0.456 e. The fourth-order valence-corrected chi connectivity index (χ4v) is 15.6. The van der Waals surface area contributed by atoms with Crippen molar-refractivity contribution in [2.45, 2.75) is 57.8 Å². The van der Waals surface area contributed by atoms with Gasteiger partial charge in [0.05, 0.1) is 5.69 Å². The summed E-state index contributed by atoms with van der Waals surface area (Å²) >= 11 is 0. The maximum absolute atomic E-state index is 7.02.